The molecule has 2 aromatic rings. The number of amides is 1. The van der Waals surface area contributed by atoms with Crippen molar-refractivity contribution in [1.29, 1.82) is 0 Å². The number of carbonyl (C=O) groups is 1. The number of rotatable bonds is 6. The molecule has 0 saturated heterocycles. The molecule has 122 valence electrons. The summed E-state index contributed by atoms with van der Waals surface area (Å²) in [5.74, 6) is -0.308. The van der Waals surface area contributed by atoms with Crippen molar-refractivity contribution >= 4 is 11.6 Å². The normalized spacial score (nSPS) is 11.3. The van der Waals surface area contributed by atoms with Crippen molar-refractivity contribution in [1.82, 2.24) is 0 Å². The third kappa shape index (κ3) is 5.75. The van der Waals surface area contributed by atoms with Gasteiger partial charge in [-0.25, -0.2) is 0 Å². The molecule has 0 saturated carbocycles. The van der Waals surface area contributed by atoms with Crippen LogP contribution in [0.3, 0.4) is 0 Å². The fourth-order valence-electron chi connectivity index (χ4n) is 1.90. The lowest BCUT2D eigenvalue weighted by atomic mass is 10.2. The Morgan fingerprint density at radius 3 is 2.26 bits per heavy atom. The van der Waals surface area contributed by atoms with Gasteiger partial charge in [-0.05, 0) is 29.8 Å². The average Bonchev–Trinajstić information content (AvgIpc) is 2.52. The molecule has 0 atom stereocenters. The Hall–Kier alpha value is -2.34. The Kier molecular flexibility index (Phi) is 5.76. The SMILES string of the molecule is O=C(CCOCc1ccccc1)Nc1ccc(C(F)(F)F)cc1. The number of nitrogens with one attached hydrogen (secondary N) is 1. The van der Waals surface area contributed by atoms with Gasteiger partial charge in [0.1, 0.15) is 0 Å². The number of ether oxygens (including phenoxy) is 1. The summed E-state index contributed by atoms with van der Waals surface area (Å²) < 4.78 is 42.7. The lowest BCUT2D eigenvalue weighted by Gasteiger charge is -2.09. The summed E-state index contributed by atoms with van der Waals surface area (Å²) in [4.78, 5) is 11.7. The monoisotopic (exact) mass is 323 g/mol. The maximum Gasteiger partial charge on any atom is 0.416 e. The van der Waals surface area contributed by atoms with Crippen LogP contribution in [0.4, 0.5) is 18.9 Å². The second-order valence-corrected chi connectivity index (χ2v) is 4.91. The lowest BCUT2D eigenvalue weighted by Crippen LogP contribution is -2.14. The van der Waals surface area contributed by atoms with Crippen LogP contribution < -0.4 is 5.32 Å². The Bertz CT molecular complexity index is 625. The van der Waals surface area contributed by atoms with E-state index in [1.165, 1.54) is 12.1 Å². The maximum atomic E-state index is 12.4. The highest BCUT2D eigenvalue weighted by atomic mass is 19.4. The summed E-state index contributed by atoms with van der Waals surface area (Å²) >= 11 is 0. The van der Waals surface area contributed by atoms with E-state index in [1.54, 1.807) is 0 Å². The van der Waals surface area contributed by atoms with Crippen molar-refractivity contribution in [2.24, 2.45) is 0 Å². The molecule has 0 fully saturated rings. The Morgan fingerprint density at radius 2 is 1.65 bits per heavy atom. The molecule has 2 aromatic carbocycles. The number of halogens is 3. The van der Waals surface area contributed by atoms with E-state index in [4.69, 9.17) is 4.74 Å². The van der Waals surface area contributed by atoms with Gasteiger partial charge in [0, 0.05) is 5.69 Å². The fraction of sp³-hybridized carbons (Fsp3) is 0.235. The van der Waals surface area contributed by atoms with Crippen molar-refractivity contribution in [3.05, 3.63) is 65.7 Å². The molecule has 2 rings (SSSR count). The van der Waals surface area contributed by atoms with Crippen LogP contribution in [0.5, 0.6) is 0 Å². The third-order valence-electron chi connectivity index (χ3n) is 3.08. The molecule has 0 heterocycles. The topological polar surface area (TPSA) is 38.3 Å². The molecule has 0 aromatic heterocycles. The molecule has 0 spiro atoms. The van der Waals surface area contributed by atoms with Crippen molar-refractivity contribution in [3.63, 3.8) is 0 Å². The highest BCUT2D eigenvalue weighted by molar-refractivity contribution is 5.90. The first kappa shape index (κ1) is 17.0. The van der Waals surface area contributed by atoms with E-state index in [0.29, 0.717) is 12.3 Å². The number of benzene rings is 2. The average molecular weight is 323 g/mol. The largest absolute Gasteiger partial charge is 0.416 e. The molecular formula is C17H16F3NO2. The van der Waals surface area contributed by atoms with Gasteiger partial charge < -0.3 is 10.1 Å². The zero-order valence-corrected chi connectivity index (χ0v) is 12.3. The second kappa shape index (κ2) is 7.78. The predicted molar refractivity (Wildman–Crippen MR) is 80.8 cm³/mol. The first-order chi connectivity index (χ1) is 10.9. The Balaban J connectivity index is 1.72. The van der Waals surface area contributed by atoms with Gasteiger partial charge in [0.15, 0.2) is 0 Å². The molecule has 23 heavy (non-hydrogen) atoms. The minimum absolute atomic E-state index is 0.133. The number of hydrogen-bond donors (Lipinski definition) is 1. The van der Waals surface area contributed by atoms with Gasteiger partial charge in [-0.2, -0.15) is 13.2 Å². The molecule has 0 aliphatic heterocycles. The predicted octanol–water partition coefficient (Wildman–Crippen LogP) is 4.25. The van der Waals surface area contributed by atoms with Crippen molar-refractivity contribution in [2.45, 2.75) is 19.2 Å². The third-order valence-corrected chi connectivity index (χ3v) is 3.08. The number of carbonyl (C=O) groups excluding carboxylic acids is 1. The first-order valence-corrected chi connectivity index (χ1v) is 7.04. The number of alkyl halides is 3. The zero-order valence-electron chi connectivity index (χ0n) is 12.3. The molecule has 0 aliphatic rings. The molecule has 6 heteroatoms. The Morgan fingerprint density at radius 1 is 1.00 bits per heavy atom. The minimum atomic E-state index is -4.38. The van der Waals surface area contributed by atoms with Gasteiger partial charge in [-0.3, -0.25) is 4.79 Å². The van der Waals surface area contributed by atoms with E-state index in [9.17, 15) is 18.0 Å². The molecule has 1 N–H and O–H groups in total. The fourth-order valence-corrected chi connectivity index (χ4v) is 1.90. The number of hydrogen-bond acceptors (Lipinski definition) is 2. The molecular weight excluding hydrogens is 307 g/mol. The quantitative estimate of drug-likeness (QED) is 0.807. The van der Waals surface area contributed by atoms with Crippen molar-refractivity contribution < 1.29 is 22.7 Å². The van der Waals surface area contributed by atoms with Crippen LogP contribution in [0.2, 0.25) is 0 Å². The van der Waals surface area contributed by atoms with E-state index in [1.807, 2.05) is 30.3 Å². The lowest BCUT2D eigenvalue weighted by molar-refractivity contribution is -0.137. The number of anilines is 1. The standard InChI is InChI=1S/C17H16F3NO2/c18-17(19,20)14-6-8-15(9-7-14)21-16(22)10-11-23-12-13-4-2-1-3-5-13/h1-9H,10-12H2,(H,21,22). The zero-order chi connectivity index (χ0) is 16.7. The van der Waals surface area contributed by atoms with Crippen molar-refractivity contribution in [2.75, 3.05) is 11.9 Å². The van der Waals surface area contributed by atoms with E-state index in [-0.39, 0.29) is 18.9 Å². The van der Waals surface area contributed by atoms with E-state index < -0.39 is 11.7 Å². The molecule has 3 nitrogen and oxygen atoms in total. The van der Waals surface area contributed by atoms with E-state index in [0.717, 1.165) is 17.7 Å². The van der Waals surface area contributed by atoms with Crippen LogP contribution in [0.15, 0.2) is 54.6 Å². The summed E-state index contributed by atoms with van der Waals surface area (Å²) in [6.07, 6.45) is -4.25. The molecule has 0 bridgehead atoms. The van der Waals surface area contributed by atoms with E-state index in [2.05, 4.69) is 5.32 Å². The highest BCUT2D eigenvalue weighted by Gasteiger charge is 2.29. The minimum Gasteiger partial charge on any atom is -0.376 e. The van der Waals surface area contributed by atoms with Crippen LogP contribution in [-0.4, -0.2) is 12.5 Å². The van der Waals surface area contributed by atoms with Crippen LogP contribution >= 0.6 is 0 Å². The molecule has 0 radical (unpaired) electrons. The molecule has 0 unspecified atom stereocenters. The van der Waals surface area contributed by atoms with Crippen LogP contribution in [0.1, 0.15) is 17.5 Å². The summed E-state index contributed by atoms with van der Waals surface area (Å²) in [6, 6.07) is 13.9. The van der Waals surface area contributed by atoms with Crippen LogP contribution in [0, 0.1) is 0 Å². The molecule has 0 aliphatic carbocycles. The van der Waals surface area contributed by atoms with Gasteiger partial charge in [0.05, 0.1) is 25.2 Å². The highest BCUT2D eigenvalue weighted by Crippen LogP contribution is 2.29. The van der Waals surface area contributed by atoms with Gasteiger partial charge in [0.2, 0.25) is 5.91 Å². The van der Waals surface area contributed by atoms with Crippen LogP contribution in [-0.2, 0) is 22.3 Å². The summed E-state index contributed by atoms with van der Waals surface area (Å²) in [6.45, 7) is 0.649. The first-order valence-electron chi connectivity index (χ1n) is 7.04. The van der Waals surface area contributed by atoms with Gasteiger partial charge in [-0.15, -0.1) is 0 Å². The summed E-state index contributed by atoms with van der Waals surface area (Å²) in [5.41, 5.74) is 0.586. The smallest absolute Gasteiger partial charge is 0.376 e. The van der Waals surface area contributed by atoms with Gasteiger partial charge in [0.25, 0.3) is 0 Å². The van der Waals surface area contributed by atoms with Crippen molar-refractivity contribution in [3.8, 4) is 0 Å². The Labute approximate surface area is 132 Å². The van der Waals surface area contributed by atoms with Crippen LogP contribution in [0.25, 0.3) is 0 Å². The maximum absolute atomic E-state index is 12.4. The summed E-state index contributed by atoms with van der Waals surface area (Å²) in [7, 11) is 0. The van der Waals surface area contributed by atoms with Gasteiger partial charge >= 0.3 is 6.18 Å². The summed E-state index contributed by atoms with van der Waals surface area (Å²) in [5, 5.41) is 2.53. The van der Waals surface area contributed by atoms with Gasteiger partial charge in [-0.1, -0.05) is 30.3 Å². The van der Waals surface area contributed by atoms with E-state index >= 15 is 0 Å². The second-order valence-electron chi connectivity index (χ2n) is 4.91. The molecule has 1 amide bonds.